The maximum absolute atomic E-state index is 6.42. The molecule has 1 aromatic rings. The largest absolute Gasteiger partial charge is 0.496 e. The maximum Gasteiger partial charge on any atom is 0.124 e. The first-order valence-electron chi connectivity index (χ1n) is 6.26. The predicted molar refractivity (Wildman–Crippen MR) is 75.1 cm³/mol. The van der Waals surface area contributed by atoms with Crippen molar-refractivity contribution >= 4 is 11.6 Å². The van der Waals surface area contributed by atoms with Gasteiger partial charge in [0.15, 0.2) is 0 Å². The summed E-state index contributed by atoms with van der Waals surface area (Å²) in [5, 5.41) is 0.772. The topological polar surface area (TPSA) is 61.3 Å². The van der Waals surface area contributed by atoms with Gasteiger partial charge in [-0.3, -0.25) is 0 Å². The van der Waals surface area contributed by atoms with Crippen LogP contribution in [0.3, 0.4) is 0 Å². The van der Waals surface area contributed by atoms with E-state index in [-0.39, 0.29) is 11.5 Å². The Hall–Kier alpha value is -0.770. The molecule has 0 amide bonds. The summed E-state index contributed by atoms with van der Waals surface area (Å²) in [6, 6.07) is 1.85. The lowest BCUT2D eigenvalue weighted by molar-refractivity contribution is 0.374. The lowest BCUT2D eigenvalue weighted by Crippen LogP contribution is -2.30. The summed E-state index contributed by atoms with van der Waals surface area (Å²) >= 11 is 6.33. The van der Waals surface area contributed by atoms with Crippen LogP contribution in [0.5, 0.6) is 5.75 Å². The van der Waals surface area contributed by atoms with Crippen molar-refractivity contribution in [2.45, 2.75) is 32.7 Å². The molecular formula is C14H21ClN2O. The van der Waals surface area contributed by atoms with Crippen molar-refractivity contribution in [3.8, 4) is 5.75 Å². The number of benzene rings is 1. The van der Waals surface area contributed by atoms with E-state index in [1.54, 1.807) is 7.11 Å². The Labute approximate surface area is 113 Å². The molecule has 1 atom stereocenters. The molecule has 1 unspecified atom stereocenters. The number of aryl methyl sites for hydroxylation is 1. The van der Waals surface area contributed by atoms with Crippen LogP contribution in [0.1, 0.15) is 35.6 Å². The van der Waals surface area contributed by atoms with Crippen LogP contribution < -0.4 is 16.2 Å². The fourth-order valence-corrected chi connectivity index (χ4v) is 2.76. The Morgan fingerprint density at radius 2 is 2.06 bits per heavy atom. The van der Waals surface area contributed by atoms with Crippen molar-refractivity contribution in [2.75, 3.05) is 13.7 Å². The minimum atomic E-state index is -0.101. The van der Waals surface area contributed by atoms with Crippen LogP contribution >= 0.6 is 11.6 Å². The number of nitrogens with two attached hydrogens (primary N) is 2. The molecule has 1 aliphatic rings. The van der Waals surface area contributed by atoms with Crippen molar-refractivity contribution in [3.05, 3.63) is 27.8 Å². The Balaban J connectivity index is 2.52. The van der Waals surface area contributed by atoms with Crippen LogP contribution in [-0.4, -0.2) is 13.7 Å². The fourth-order valence-electron chi connectivity index (χ4n) is 2.60. The zero-order chi connectivity index (χ0) is 13.5. The lowest BCUT2D eigenvalue weighted by atomic mass is 9.87. The highest BCUT2D eigenvalue weighted by atomic mass is 35.5. The summed E-state index contributed by atoms with van der Waals surface area (Å²) in [5.41, 5.74) is 15.4. The number of ether oxygens (including phenoxy) is 1. The average molecular weight is 269 g/mol. The van der Waals surface area contributed by atoms with Crippen LogP contribution in [0.2, 0.25) is 5.02 Å². The summed E-state index contributed by atoms with van der Waals surface area (Å²) in [4.78, 5) is 0. The molecule has 1 fully saturated rings. The average Bonchev–Trinajstić information content (AvgIpc) is 3.15. The number of hydrogen-bond acceptors (Lipinski definition) is 3. The molecule has 3 nitrogen and oxygen atoms in total. The number of hydrogen-bond donors (Lipinski definition) is 2. The van der Waals surface area contributed by atoms with Gasteiger partial charge in [0.2, 0.25) is 0 Å². The second-order valence-corrected chi connectivity index (χ2v) is 5.67. The first kappa shape index (κ1) is 13.7. The van der Waals surface area contributed by atoms with Crippen molar-refractivity contribution in [1.29, 1.82) is 0 Å². The van der Waals surface area contributed by atoms with Crippen LogP contribution in [0.25, 0.3) is 0 Å². The Bertz CT molecular complexity index is 469. The van der Waals surface area contributed by atoms with Gasteiger partial charge in [0, 0.05) is 22.0 Å². The zero-order valence-corrected chi connectivity index (χ0v) is 12.0. The third-order valence-corrected chi connectivity index (χ3v) is 4.76. The molecule has 0 spiro atoms. The third kappa shape index (κ3) is 2.00. The summed E-state index contributed by atoms with van der Waals surface area (Å²) in [5.74, 6) is 0.821. The highest BCUT2D eigenvalue weighted by Crippen LogP contribution is 2.55. The van der Waals surface area contributed by atoms with Gasteiger partial charge in [-0.2, -0.15) is 0 Å². The molecule has 2 rings (SSSR count). The first-order chi connectivity index (χ1) is 8.46. The highest BCUT2D eigenvalue weighted by molar-refractivity contribution is 6.32. The third-order valence-electron chi connectivity index (χ3n) is 4.18. The molecule has 18 heavy (non-hydrogen) atoms. The SMILES string of the molecule is COc1cc(C)c(Cl)c(C)c1C(N)C1(CN)CC1. The summed E-state index contributed by atoms with van der Waals surface area (Å²) in [7, 11) is 1.67. The minimum Gasteiger partial charge on any atom is -0.496 e. The highest BCUT2D eigenvalue weighted by Gasteiger charge is 2.48. The summed E-state index contributed by atoms with van der Waals surface area (Å²) < 4.78 is 5.47. The fraction of sp³-hybridized carbons (Fsp3) is 0.571. The molecule has 0 radical (unpaired) electrons. The van der Waals surface area contributed by atoms with Gasteiger partial charge in [-0.05, 0) is 50.4 Å². The second kappa shape index (κ2) is 4.72. The number of rotatable bonds is 4. The van der Waals surface area contributed by atoms with Gasteiger partial charge in [0.1, 0.15) is 5.75 Å². The second-order valence-electron chi connectivity index (χ2n) is 5.29. The molecule has 0 bridgehead atoms. The van der Waals surface area contributed by atoms with E-state index >= 15 is 0 Å². The zero-order valence-electron chi connectivity index (χ0n) is 11.2. The van der Waals surface area contributed by atoms with Crippen LogP contribution in [0.4, 0.5) is 0 Å². The van der Waals surface area contributed by atoms with Gasteiger partial charge >= 0.3 is 0 Å². The number of methoxy groups -OCH3 is 1. The molecule has 1 aliphatic carbocycles. The van der Waals surface area contributed by atoms with Gasteiger partial charge in [0.05, 0.1) is 7.11 Å². The van der Waals surface area contributed by atoms with Gasteiger partial charge in [-0.25, -0.2) is 0 Å². The van der Waals surface area contributed by atoms with Crippen molar-refractivity contribution in [3.63, 3.8) is 0 Å². The monoisotopic (exact) mass is 268 g/mol. The van der Waals surface area contributed by atoms with E-state index in [1.807, 2.05) is 19.9 Å². The van der Waals surface area contributed by atoms with E-state index in [0.29, 0.717) is 6.54 Å². The van der Waals surface area contributed by atoms with E-state index in [0.717, 1.165) is 40.3 Å². The molecule has 0 aromatic heterocycles. The van der Waals surface area contributed by atoms with E-state index < -0.39 is 0 Å². The van der Waals surface area contributed by atoms with Crippen LogP contribution in [-0.2, 0) is 0 Å². The maximum atomic E-state index is 6.42. The van der Waals surface area contributed by atoms with E-state index in [9.17, 15) is 0 Å². The molecule has 1 aromatic carbocycles. The summed E-state index contributed by atoms with van der Waals surface area (Å²) in [6.45, 7) is 4.59. The smallest absolute Gasteiger partial charge is 0.124 e. The Kier molecular flexibility index (Phi) is 3.58. The lowest BCUT2D eigenvalue weighted by Gasteiger charge is -2.26. The molecule has 1 saturated carbocycles. The molecule has 100 valence electrons. The van der Waals surface area contributed by atoms with Crippen molar-refractivity contribution in [1.82, 2.24) is 0 Å². The molecular weight excluding hydrogens is 248 g/mol. The Morgan fingerprint density at radius 1 is 1.44 bits per heavy atom. The summed E-state index contributed by atoms with van der Waals surface area (Å²) in [6.07, 6.45) is 2.16. The van der Waals surface area contributed by atoms with Crippen molar-refractivity contribution in [2.24, 2.45) is 16.9 Å². The molecule has 4 heteroatoms. The van der Waals surface area contributed by atoms with E-state index in [4.69, 9.17) is 27.8 Å². The predicted octanol–water partition coefficient (Wildman–Crippen LogP) is 2.70. The van der Waals surface area contributed by atoms with Crippen LogP contribution in [0.15, 0.2) is 6.07 Å². The minimum absolute atomic E-state index is 0.0383. The van der Waals surface area contributed by atoms with E-state index in [1.165, 1.54) is 0 Å². The van der Waals surface area contributed by atoms with Gasteiger partial charge in [0.25, 0.3) is 0 Å². The number of halogens is 1. The van der Waals surface area contributed by atoms with Crippen LogP contribution in [0, 0.1) is 19.3 Å². The molecule has 4 N–H and O–H groups in total. The van der Waals surface area contributed by atoms with Gasteiger partial charge < -0.3 is 16.2 Å². The Morgan fingerprint density at radius 3 is 2.50 bits per heavy atom. The molecule has 0 heterocycles. The van der Waals surface area contributed by atoms with E-state index in [2.05, 4.69) is 0 Å². The van der Waals surface area contributed by atoms with Crippen molar-refractivity contribution < 1.29 is 4.74 Å². The first-order valence-corrected chi connectivity index (χ1v) is 6.64. The standard InChI is InChI=1S/C14H21ClN2O/c1-8-6-10(18-3)11(9(2)12(8)15)13(17)14(7-16)4-5-14/h6,13H,4-5,7,16-17H2,1-3H3. The van der Waals surface area contributed by atoms with Gasteiger partial charge in [-0.1, -0.05) is 11.6 Å². The van der Waals surface area contributed by atoms with Gasteiger partial charge in [-0.15, -0.1) is 0 Å². The quantitative estimate of drug-likeness (QED) is 0.883. The molecule has 0 aliphatic heterocycles. The molecule has 0 saturated heterocycles. The normalized spacial score (nSPS) is 18.6.